The first-order valence-electron chi connectivity index (χ1n) is 8.82. The lowest BCUT2D eigenvalue weighted by Gasteiger charge is -2.11. The van der Waals surface area contributed by atoms with E-state index in [9.17, 15) is 4.79 Å². The summed E-state index contributed by atoms with van der Waals surface area (Å²) in [6.07, 6.45) is 2.19. The minimum atomic E-state index is -0.989. The molecule has 0 saturated heterocycles. The number of carboxylic acid groups (broad SMARTS) is 1. The van der Waals surface area contributed by atoms with Crippen LogP contribution in [0.15, 0.2) is 83.8 Å². The molecule has 0 fully saturated rings. The average molecular weight is 537 g/mol. The molecular formula is C23H18ClIO3S. The van der Waals surface area contributed by atoms with Gasteiger partial charge in [0.25, 0.3) is 0 Å². The van der Waals surface area contributed by atoms with Gasteiger partial charge in [0.15, 0.2) is 6.61 Å². The molecule has 6 heteroatoms. The molecule has 1 N–H and O–H groups in total. The maximum Gasteiger partial charge on any atom is 0.341 e. The van der Waals surface area contributed by atoms with Gasteiger partial charge < -0.3 is 9.84 Å². The molecule has 0 bridgehead atoms. The summed E-state index contributed by atoms with van der Waals surface area (Å²) >= 11 is 10.4. The molecule has 0 atom stereocenters. The number of hydrogen-bond donors (Lipinski definition) is 1. The predicted molar refractivity (Wildman–Crippen MR) is 128 cm³/mol. The zero-order valence-corrected chi connectivity index (χ0v) is 19.1. The molecule has 0 amide bonds. The Labute approximate surface area is 192 Å². The summed E-state index contributed by atoms with van der Waals surface area (Å²) in [5.74, 6) is 0.329. The van der Waals surface area contributed by atoms with Crippen LogP contribution in [-0.2, 0) is 4.79 Å². The lowest BCUT2D eigenvalue weighted by Crippen LogP contribution is -2.09. The van der Waals surface area contributed by atoms with Gasteiger partial charge in [-0.2, -0.15) is 0 Å². The van der Waals surface area contributed by atoms with Gasteiger partial charge in [0.2, 0.25) is 0 Å². The third-order valence-electron chi connectivity index (χ3n) is 4.04. The number of benzene rings is 3. The molecule has 0 radical (unpaired) electrons. The van der Waals surface area contributed by atoms with E-state index in [0.717, 1.165) is 35.9 Å². The Morgan fingerprint density at radius 3 is 2.48 bits per heavy atom. The van der Waals surface area contributed by atoms with Crippen molar-refractivity contribution in [1.29, 1.82) is 0 Å². The zero-order chi connectivity index (χ0) is 20.6. The Bertz CT molecular complexity index is 1020. The first kappa shape index (κ1) is 21.7. The molecule has 3 nitrogen and oxygen atoms in total. The minimum absolute atomic E-state index is 0.344. The highest BCUT2D eigenvalue weighted by Crippen LogP contribution is 2.32. The number of hydrogen-bond acceptors (Lipinski definition) is 3. The van der Waals surface area contributed by atoms with E-state index >= 15 is 0 Å². The molecule has 3 aromatic carbocycles. The second kappa shape index (κ2) is 10.7. The highest BCUT2D eigenvalue weighted by Gasteiger charge is 2.09. The number of carboxylic acids is 1. The molecule has 148 valence electrons. The molecule has 0 aliphatic heterocycles. The number of carbonyl (C=O) groups is 1. The van der Waals surface area contributed by atoms with Crippen LogP contribution in [0.2, 0.25) is 5.02 Å². The number of ether oxygens (including phenoxy) is 1. The van der Waals surface area contributed by atoms with Gasteiger partial charge in [-0.05, 0) is 58.0 Å². The maximum atomic E-state index is 10.6. The maximum absolute atomic E-state index is 10.6. The molecule has 0 unspecified atom stereocenters. The first-order chi connectivity index (χ1) is 14.0. The van der Waals surface area contributed by atoms with Crippen molar-refractivity contribution in [3.8, 4) is 5.75 Å². The zero-order valence-electron chi connectivity index (χ0n) is 15.3. The van der Waals surface area contributed by atoms with Crippen LogP contribution in [0.4, 0.5) is 0 Å². The van der Waals surface area contributed by atoms with Gasteiger partial charge in [0, 0.05) is 24.8 Å². The van der Waals surface area contributed by atoms with E-state index in [4.69, 9.17) is 21.4 Å². The van der Waals surface area contributed by atoms with E-state index in [0.29, 0.717) is 5.75 Å². The van der Waals surface area contributed by atoms with Crippen LogP contribution in [-0.4, -0.2) is 23.4 Å². The fourth-order valence-corrected chi connectivity index (χ4v) is 4.71. The fraction of sp³-hybridized carbons (Fsp3) is 0.0870. The van der Waals surface area contributed by atoms with Crippen molar-refractivity contribution in [2.45, 2.75) is 4.90 Å². The Morgan fingerprint density at radius 1 is 1.07 bits per heavy atom. The molecular weight excluding hydrogens is 519 g/mol. The lowest BCUT2D eigenvalue weighted by molar-refractivity contribution is -0.139. The number of rotatable bonds is 8. The highest BCUT2D eigenvalue weighted by molar-refractivity contribution is 14.1. The Hall–Kier alpha value is -1.96. The summed E-state index contributed by atoms with van der Waals surface area (Å²) in [6, 6.07) is 23.7. The number of thioether (sulfide) groups is 1. The van der Waals surface area contributed by atoms with Crippen molar-refractivity contribution in [3.63, 3.8) is 0 Å². The van der Waals surface area contributed by atoms with E-state index in [1.54, 1.807) is 17.8 Å². The third kappa shape index (κ3) is 6.26. The van der Waals surface area contributed by atoms with E-state index in [1.165, 1.54) is 0 Å². The van der Waals surface area contributed by atoms with Gasteiger partial charge in [0.1, 0.15) is 5.75 Å². The van der Waals surface area contributed by atoms with Crippen molar-refractivity contribution in [2.75, 3.05) is 12.4 Å². The molecule has 0 aromatic heterocycles. The summed E-state index contributed by atoms with van der Waals surface area (Å²) in [5, 5.41) is 9.45. The van der Waals surface area contributed by atoms with Crippen LogP contribution >= 0.6 is 46.0 Å². The smallest absolute Gasteiger partial charge is 0.341 e. The normalized spacial score (nSPS) is 11.3. The fourth-order valence-electron chi connectivity index (χ4n) is 2.73. The van der Waals surface area contributed by atoms with Gasteiger partial charge in [-0.1, -0.05) is 66.2 Å². The van der Waals surface area contributed by atoms with Crippen LogP contribution in [0.25, 0.3) is 5.57 Å². The molecule has 0 heterocycles. The lowest BCUT2D eigenvalue weighted by atomic mass is 9.98. The van der Waals surface area contributed by atoms with Crippen LogP contribution in [0.3, 0.4) is 0 Å². The van der Waals surface area contributed by atoms with Crippen molar-refractivity contribution >= 4 is 57.5 Å². The molecule has 3 aromatic rings. The average Bonchev–Trinajstić information content (AvgIpc) is 2.72. The van der Waals surface area contributed by atoms with E-state index in [2.05, 4.69) is 40.8 Å². The van der Waals surface area contributed by atoms with Gasteiger partial charge in [-0.3, -0.25) is 0 Å². The Kier molecular flexibility index (Phi) is 8.03. The molecule has 0 aliphatic rings. The summed E-state index contributed by atoms with van der Waals surface area (Å²) in [6.45, 7) is -0.344. The van der Waals surface area contributed by atoms with Crippen molar-refractivity contribution < 1.29 is 14.6 Å². The molecule has 0 aliphatic carbocycles. The summed E-state index contributed by atoms with van der Waals surface area (Å²) in [5.41, 5.74) is 3.22. The Morgan fingerprint density at radius 2 is 1.79 bits per heavy atom. The van der Waals surface area contributed by atoms with Crippen molar-refractivity contribution in [2.24, 2.45) is 0 Å². The van der Waals surface area contributed by atoms with Crippen LogP contribution in [0.5, 0.6) is 5.75 Å². The molecule has 3 rings (SSSR count). The largest absolute Gasteiger partial charge is 0.482 e. The number of halogens is 2. The molecule has 0 saturated carbocycles. The van der Waals surface area contributed by atoms with E-state index in [-0.39, 0.29) is 6.61 Å². The topological polar surface area (TPSA) is 46.5 Å². The Balaban J connectivity index is 1.78. The monoisotopic (exact) mass is 536 g/mol. The van der Waals surface area contributed by atoms with Gasteiger partial charge in [-0.15, -0.1) is 11.8 Å². The van der Waals surface area contributed by atoms with Crippen LogP contribution in [0.1, 0.15) is 11.1 Å². The second-order valence-electron chi connectivity index (χ2n) is 6.05. The van der Waals surface area contributed by atoms with Crippen molar-refractivity contribution in [1.82, 2.24) is 0 Å². The van der Waals surface area contributed by atoms with Crippen LogP contribution < -0.4 is 4.74 Å². The van der Waals surface area contributed by atoms with Crippen LogP contribution in [0, 0.1) is 3.57 Å². The van der Waals surface area contributed by atoms with Crippen molar-refractivity contribution in [3.05, 3.63) is 98.6 Å². The van der Waals surface area contributed by atoms with Gasteiger partial charge in [-0.25, -0.2) is 4.79 Å². The highest BCUT2D eigenvalue weighted by atomic mass is 127. The quantitative estimate of drug-likeness (QED) is 0.259. The van der Waals surface area contributed by atoms with Gasteiger partial charge >= 0.3 is 5.97 Å². The minimum Gasteiger partial charge on any atom is -0.482 e. The van der Waals surface area contributed by atoms with E-state index in [1.807, 2.05) is 54.6 Å². The second-order valence-corrected chi connectivity index (χ2v) is 8.68. The first-order valence-corrected chi connectivity index (χ1v) is 11.3. The third-order valence-corrected chi connectivity index (χ3v) is 6.63. The van der Waals surface area contributed by atoms with Gasteiger partial charge in [0.05, 0.1) is 0 Å². The predicted octanol–water partition coefficient (Wildman–Crippen LogP) is 6.63. The molecule has 0 spiro atoms. The molecule has 29 heavy (non-hydrogen) atoms. The summed E-state index contributed by atoms with van der Waals surface area (Å²) in [4.78, 5) is 11.7. The standard InChI is InChI=1S/C23H18ClIO3S/c24-20-9-5-4-8-19(20)18(16-6-2-1-3-7-16)12-13-29-22-11-10-17(14-21(22)25)28-15-23(26)27/h1-12,14H,13,15H2,(H,26,27). The summed E-state index contributed by atoms with van der Waals surface area (Å²) in [7, 11) is 0. The summed E-state index contributed by atoms with van der Waals surface area (Å²) < 4.78 is 6.25. The number of aliphatic carboxylic acids is 1. The SMILES string of the molecule is O=C(O)COc1ccc(SCC=C(c2ccccc2)c2ccccc2Cl)c(I)c1. The van der Waals surface area contributed by atoms with E-state index < -0.39 is 5.97 Å².